The van der Waals surface area contributed by atoms with Crippen LogP contribution < -0.4 is 5.56 Å². The zero-order valence-electron chi connectivity index (χ0n) is 14.5. The van der Waals surface area contributed by atoms with Crippen molar-refractivity contribution in [2.24, 2.45) is 5.92 Å². The number of hydrogen-bond acceptors (Lipinski definition) is 2. The lowest BCUT2D eigenvalue weighted by atomic mass is 9.93. The first-order chi connectivity index (χ1) is 11.6. The Morgan fingerprint density at radius 3 is 2.62 bits per heavy atom. The van der Waals surface area contributed by atoms with Crippen LogP contribution in [0.2, 0.25) is 0 Å². The molecule has 0 radical (unpaired) electrons. The van der Waals surface area contributed by atoms with Crippen molar-refractivity contribution in [3.63, 3.8) is 0 Å². The fourth-order valence-corrected chi connectivity index (χ4v) is 3.60. The van der Waals surface area contributed by atoms with Crippen molar-refractivity contribution in [1.29, 1.82) is 0 Å². The number of H-pyrrole nitrogens is 1. The van der Waals surface area contributed by atoms with E-state index in [-0.39, 0.29) is 23.4 Å². The maximum atomic E-state index is 12.7. The molecule has 0 bridgehead atoms. The quantitative estimate of drug-likeness (QED) is 0.928. The van der Waals surface area contributed by atoms with E-state index >= 15 is 0 Å². The molecule has 0 unspecified atom stereocenters. The number of fused-ring (bicyclic) bond motifs is 1. The Hall–Kier alpha value is -2.10. The summed E-state index contributed by atoms with van der Waals surface area (Å²) in [6, 6.07) is 9.96. The average molecular weight is 326 g/mol. The predicted octanol–water partition coefficient (Wildman–Crippen LogP) is 3.85. The van der Waals surface area contributed by atoms with Crippen molar-refractivity contribution < 1.29 is 4.79 Å². The number of hydrogen-bond donors (Lipinski definition) is 1. The first kappa shape index (κ1) is 16.7. The fraction of sp³-hybridized carbons (Fsp3) is 0.500. The van der Waals surface area contributed by atoms with Crippen LogP contribution in [0.25, 0.3) is 10.9 Å². The Labute approximate surface area is 142 Å². The summed E-state index contributed by atoms with van der Waals surface area (Å²) in [5.41, 5.74) is 1.42. The van der Waals surface area contributed by atoms with Crippen LogP contribution in [0.1, 0.15) is 51.5 Å². The molecule has 128 valence electrons. The van der Waals surface area contributed by atoms with Crippen LogP contribution in [0.5, 0.6) is 0 Å². The second kappa shape index (κ2) is 7.20. The van der Waals surface area contributed by atoms with Crippen molar-refractivity contribution in [2.45, 2.75) is 58.5 Å². The molecule has 1 aliphatic carbocycles. The summed E-state index contributed by atoms with van der Waals surface area (Å²) < 4.78 is 0. The summed E-state index contributed by atoms with van der Waals surface area (Å²) in [7, 11) is 0. The van der Waals surface area contributed by atoms with Gasteiger partial charge in [-0.1, -0.05) is 51.3 Å². The minimum Gasteiger partial charge on any atom is -0.335 e. The van der Waals surface area contributed by atoms with E-state index in [4.69, 9.17) is 0 Å². The molecule has 1 amide bonds. The molecular formula is C20H26N2O2. The second-order valence-electron chi connectivity index (χ2n) is 7.12. The monoisotopic (exact) mass is 326 g/mol. The Morgan fingerprint density at radius 1 is 1.21 bits per heavy atom. The van der Waals surface area contributed by atoms with Crippen LogP contribution in [0.3, 0.4) is 0 Å². The van der Waals surface area contributed by atoms with Crippen LogP contribution in [0.4, 0.5) is 0 Å². The maximum Gasteiger partial charge on any atom is 0.253 e. The molecule has 0 spiro atoms. The van der Waals surface area contributed by atoms with Crippen molar-refractivity contribution in [2.75, 3.05) is 0 Å². The molecule has 0 saturated heterocycles. The van der Waals surface area contributed by atoms with Gasteiger partial charge in [0.05, 0.1) is 6.54 Å². The molecule has 3 rings (SSSR count). The standard InChI is InChI=1S/C20H26N2O2/c1-14(2)20(24)22(17-9-4-3-5-10-17)13-16-12-15-8-6-7-11-18(15)21-19(16)23/h6-8,11-12,14,17H,3-5,9-10,13H2,1-2H3,(H,21,23). The number of benzene rings is 1. The van der Waals surface area contributed by atoms with E-state index in [1.165, 1.54) is 19.3 Å². The lowest BCUT2D eigenvalue weighted by Crippen LogP contribution is -2.43. The molecule has 0 aliphatic heterocycles. The van der Waals surface area contributed by atoms with Gasteiger partial charge >= 0.3 is 0 Å². The van der Waals surface area contributed by atoms with Crippen molar-refractivity contribution in [3.05, 3.63) is 46.2 Å². The van der Waals surface area contributed by atoms with E-state index in [0.29, 0.717) is 12.1 Å². The fourth-order valence-electron chi connectivity index (χ4n) is 3.60. The van der Waals surface area contributed by atoms with Crippen LogP contribution >= 0.6 is 0 Å². The number of nitrogens with zero attached hydrogens (tertiary/aromatic N) is 1. The van der Waals surface area contributed by atoms with Gasteiger partial charge in [0, 0.05) is 23.0 Å². The number of carbonyl (C=O) groups is 1. The highest BCUT2D eigenvalue weighted by atomic mass is 16.2. The van der Waals surface area contributed by atoms with E-state index < -0.39 is 0 Å². The number of rotatable bonds is 4. The normalized spacial score (nSPS) is 15.8. The van der Waals surface area contributed by atoms with E-state index in [0.717, 1.165) is 23.7 Å². The molecule has 4 nitrogen and oxygen atoms in total. The summed E-state index contributed by atoms with van der Waals surface area (Å²) in [5.74, 6) is 0.0981. The van der Waals surface area contributed by atoms with E-state index in [1.807, 2.05) is 49.1 Å². The van der Waals surface area contributed by atoms with Gasteiger partial charge in [-0.05, 0) is 30.4 Å². The SMILES string of the molecule is CC(C)C(=O)N(Cc1cc2ccccc2[nH]c1=O)C1CCCCC1. The van der Waals surface area contributed by atoms with Gasteiger partial charge in [0.1, 0.15) is 0 Å². The first-order valence-electron chi connectivity index (χ1n) is 8.97. The van der Waals surface area contributed by atoms with Crippen LogP contribution in [-0.4, -0.2) is 21.8 Å². The third-order valence-electron chi connectivity index (χ3n) is 4.96. The Balaban J connectivity index is 1.93. The number of aromatic nitrogens is 1. The number of nitrogens with one attached hydrogen (secondary N) is 1. The number of amides is 1. The minimum atomic E-state index is -0.0916. The molecular weight excluding hydrogens is 300 g/mol. The number of para-hydroxylation sites is 1. The number of carbonyl (C=O) groups excluding carboxylic acids is 1. The third kappa shape index (κ3) is 3.53. The molecule has 2 aromatic rings. The lowest BCUT2D eigenvalue weighted by molar-refractivity contribution is -0.138. The first-order valence-corrected chi connectivity index (χ1v) is 8.97. The van der Waals surface area contributed by atoms with Crippen LogP contribution in [0.15, 0.2) is 35.1 Å². The van der Waals surface area contributed by atoms with E-state index in [2.05, 4.69) is 4.98 Å². The molecule has 1 aromatic heterocycles. The molecule has 1 heterocycles. The van der Waals surface area contributed by atoms with Crippen molar-refractivity contribution >= 4 is 16.8 Å². The smallest absolute Gasteiger partial charge is 0.253 e. The molecule has 1 aliphatic rings. The van der Waals surface area contributed by atoms with Crippen LogP contribution in [0, 0.1) is 5.92 Å². The molecule has 4 heteroatoms. The summed E-state index contributed by atoms with van der Waals surface area (Å²) >= 11 is 0. The summed E-state index contributed by atoms with van der Waals surface area (Å²) in [6.07, 6.45) is 5.67. The third-order valence-corrected chi connectivity index (χ3v) is 4.96. The minimum absolute atomic E-state index is 0.0496. The van der Waals surface area contributed by atoms with Gasteiger partial charge in [0.25, 0.3) is 5.56 Å². The van der Waals surface area contributed by atoms with E-state index in [9.17, 15) is 9.59 Å². The highest BCUT2D eigenvalue weighted by Gasteiger charge is 2.27. The largest absolute Gasteiger partial charge is 0.335 e. The summed E-state index contributed by atoms with van der Waals surface area (Å²) in [4.78, 5) is 30.1. The summed E-state index contributed by atoms with van der Waals surface area (Å²) in [6.45, 7) is 4.27. The predicted molar refractivity (Wildman–Crippen MR) is 96.8 cm³/mol. The van der Waals surface area contributed by atoms with Crippen LogP contribution in [-0.2, 0) is 11.3 Å². The second-order valence-corrected chi connectivity index (χ2v) is 7.12. The zero-order valence-corrected chi connectivity index (χ0v) is 14.5. The topological polar surface area (TPSA) is 53.2 Å². The highest BCUT2D eigenvalue weighted by molar-refractivity contribution is 5.80. The van der Waals surface area contributed by atoms with Gasteiger partial charge in [0.2, 0.25) is 5.91 Å². The highest BCUT2D eigenvalue weighted by Crippen LogP contribution is 2.25. The molecule has 0 atom stereocenters. The maximum absolute atomic E-state index is 12.7. The molecule has 1 N–H and O–H groups in total. The Bertz CT molecular complexity index is 773. The Kier molecular flexibility index (Phi) is 5.03. The van der Waals surface area contributed by atoms with Gasteiger partial charge < -0.3 is 9.88 Å². The zero-order chi connectivity index (χ0) is 17.1. The van der Waals surface area contributed by atoms with Gasteiger partial charge in [-0.25, -0.2) is 0 Å². The van der Waals surface area contributed by atoms with Gasteiger partial charge in [-0.3, -0.25) is 9.59 Å². The lowest BCUT2D eigenvalue weighted by Gasteiger charge is -2.35. The van der Waals surface area contributed by atoms with E-state index in [1.54, 1.807) is 0 Å². The average Bonchev–Trinajstić information content (AvgIpc) is 2.60. The van der Waals surface area contributed by atoms with Gasteiger partial charge in [-0.15, -0.1) is 0 Å². The molecule has 1 saturated carbocycles. The summed E-state index contributed by atoms with van der Waals surface area (Å²) in [5, 5.41) is 1.01. The van der Waals surface area contributed by atoms with Gasteiger partial charge in [-0.2, -0.15) is 0 Å². The molecule has 1 aromatic carbocycles. The Morgan fingerprint density at radius 2 is 1.92 bits per heavy atom. The van der Waals surface area contributed by atoms with Crippen molar-refractivity contribution in [1.82, 2.24) is 9.88 Å². The van der Waals surface area contributed by atoms with Crippen molar-refractivity contribution in [3.8, 4) is 0 Å². The molecule has 1 fully saturated rings. The number of pyridine rings is 1. The molecule has 24 heavy (non-hydrogen) atoms. The number of aromatic amines is 1. The van der Waals surface area contributed by atoms with Gasteiger partial charge in [0.15, 0.2) is 0 Å².